The summed E-state index contributed by atoms with van der Waals surface area (Å²) in [5.41, 5.74) is 0. The second-order valence-corrected chi connectivity index (χ2v) is 17.4. The number of allylic oxidation sites excluding steroid dienone is 6. The summed E-state index contributed by atoms with van der Waals surface area (Å²) in [4.78, 5) is 37.0. The number of carboxylic acid groups (broad SMARTS) is 1. The Morgan fingerprint density at radius 2 is 0.914 bits per heavy atom. The van der Waals surface area contributed by atoms with Gasteiger partial charge in [0.05, 0.1) is 34.4 Å². The molecule has 0 aromatic rings. The number of hydrogen-bond donors (Lipinski definition) is 1. The molecule has 0 aliphatic rings. The third-order valence-corrected chi connectivity index (χ3v) is 10.8. The number of esters is 2. The number of nitrogens with zero attached hydrogens (tertiary/aromatic N) is 1. The molecule has 0 aliphatic carbocycles. The van der Waals surface area contributed by atoms with E-state index in [-0.39, 0.29) is 36.2 Å². The van der Waals surface area contributed by atoms with Crippen molar-refractivity contribution in [3.05, 3.63) is 36.5 Å². The zero-order valence-electron chi connectivity index (χ0n) is 38.5. The summed E-state index contributed by atoms with van der Waals surface area (Å²) in [6.45, 7) is 4.71. The standard InChI is InChI=1S/C50H91NO7/c1-6-8-10-12-14-16-18-20-21-22-23-24-25-26-27-29-31-33-35-37-39-41-49(53)58-46(44-56-43-42-47(50(54)55)51(3,4)5)45-57-48(52)40-38-36-34-32-30-28-19-17-15-13-11-9-7-2/h17-20,22-23,46-47H,6-16,21,24-45H2,1-5H3/p+1/b19-17-,20-18-,23-22-. The molecular formula is C50H92NO7+. The predicted molar refractivity (Wildman–Crippen MR) is 243 cm³/mol. The molecule has 0 saturated carbocycles. The van der Waals surface area contributed by atoms with Crippen LogP contribution in [0.3, 0.4) is 0 Å². The molecule has 0 aromatic carbocycles. The second-order valence-electron chi connectivity index (χ2n) is 17.4. The third kappa shape index (κ3) is 39.0. The van der Waals surface area contributed by atoms with Gasteiger partial charge >= 0.3 is 17.9 Å². The number of unbranched alkanes of at least 4 members (excludes halogenated alkanes) is 23. The normalized spacial score (nSPS) is 13.2. The Morgan fingerprint density at radius 3 is 1.36 bits per heavy atom. The zero-order valence-corrected chi connectivity index (χ0v) is 38.5. The van der Waals surface area contributed by atoms with E-state index in [2.05, 4.69) is 50.3 Å². The highest BCUT2D eigenvalue weighted by molar-refractivity contribution is 5.72. The molecule has 0 aliphatic heterocycles. The highest BCUT2D eigenvalue weighted by Gasteiger charge is 2.31. The molecule has 0 saturated heterocycles. The lowest BCUT2D eigenvalue weighted by Gasteiger charge is -2.31. The van der Waals surface area contributed by atoms with E-state index in [4.69, 9.17) is 14.2 Å². The summed E-state index contributed by atoms with van der Waals surface area (Å²) in [6.07, 6.45) is 47.6. The molecule has 58 heavy (non-hydrogen) atoms. The Balaban J connectivity index is 4.27. The Labute approximate surface area is 357 Å². The average Bonchev–Trinajstić information content (AvgIpc) is 3.18. The fourth-order valence-electron chi connectivity index (χ4n) is 7.00. The minimum absolute atomic E-state index is 0.0556. The number of likely N-dealkylation sites (N-methyl/N-ethyl adjacent to an activating group) is 1. The molecule has 8 heteroatoms. The summed E-state index contributed by atoms with van der Waals surface area (Å²) >= 11 is 0. The first-order valence-electron chi connectivity index (χ1n) is 24.0. The van der Waals surface area contributed by atoms with Gasteiger partial charge in [-0.1, -0.05) is 159 Å². The molecule has 0 heterocycles. The van der Waals surface area contributed by atoms with Crippen LogP contribution >= 0.6 is 0 Å². The Hall–Kier alpha value is -2.45. The fourth-order valence-corrected chi connectivity index (χ4v) is 7.00. The van der Waals surface area contributed by atoms with Gasteiger partial charge in [0.2, 0.25) is 0 Å². The number of aliphatic carboxylic acids is 1. The van der Waals surface area contributed by atoms with Crippen molar-refractivity contribution in [1.29, 1.82) is 0 Å². The van der Waals surface area contributed by atoms with Crippen molar-refractivity contribution >= 4 is 17.9 Å². The molecule has 0 radical (unpaired) electrons. The topological polar surface area (TPSA) is 99.1 Å². The van der Waals surface area contributed by atoms with Crippen LogP contribution in [-0.4, -0.2) is 80.6 Å². The maximum atomic E-state index is 12.8. The molecule has 338 valence electrons. The molecule has 2 atom stereocenters. The number of carbonyl (C=O) groups excluding carboxylic acids is 2. The number of carboxylic acids is 1. The molecule has 8 nitrogen and oxygen atoms in total. The largest absolute Gasteiger partial charge is 0.477 e. The van der Waals surface area contributed by atoms with Gasteiger partial charge in [-0.25, -0.2) is 4.79 Å². The molecule has 0 amide bonds. The molecule has 0 spiro atoms. The average molecular weight is 819 g/mol. The molecule has 1 N–H and O–H groups in total. The van der Waals surface area contributed by atoms with Gasteiger partial charge < -0.3 is 23.8 Å². The van der Waals surface area contributed by atoms with E-state index in [0.717, 1.165) is 57.8 Å². The minimum Gasteiger partial charge on any atom is -0.477 e. The Bertz CT molecular complexity index is 1050. The van der Waals surface area contributed by atoms with Crippen molar-refractivity contribution in [3.8, 4) is 0 Å². The van der Waals surface area contributed by atoms with Gasteiger partial charge in [-0.2, -0.15) is 0 Å². The van der Waals surface area contributed by atoms with Crippen LogP contribution in [0.1, 0.15) is 213 Å². The van der Waals surface area contributed by atoms with E-state index in [1.165, 1.54) is 122 Å². The molecule has 0 fully saturated rings. The summed E-state index contributed by atoms with van der Waals surface area (Å²) in [5, 5.41) is 9.63. The Kier molecular flexibility index (Phi) is 39.5. The van der Waals surface area contributed by atoms with Crippen LogP contribution in [0.25, 0.3) is 0 Å². The van der Waals surface area contributed by atoms with Crippen LogP contribution in [0.5, 0.6) is 0 Å². The maximum Gasteiger partial charge on any atom is 0.362 e. The van der Waals surface area contributed by atoms with Gasteiger partial charge in [-0.3, -0.25) is 9.59 Å². The fraction of sp³-hybridized carbons (Fsp3) is 0.820. The second kappa shape index (κ2) is 41.3. The lowest BCUT2D eigenvalue weighted by molar-refractivity contribution is -0.887. The van der Waals surface area contributed by atoms with Gasteiger partial charge in [0.15, 0.2) is 12.1 Å². The highest BCUT2D eigenvalue weighted by Crippen LogP contribution is 2.14. The smallest absolute Gasteiger partial charge is 0.362 e. The van der Waals surface area contributed by atoms with Gasteiger partial charge in [0.1, 0.15) is 6.61 Å². The molecule has 2 unspecified atom stereocenters. The number of ether oxygens (including phenoxy) is 3. The SMILES string of the molecule is CCCCCC/C=C\CCCCCCCC(=O)OCC(COCCC(C(=O)O)[N+](C)(C)C)OC(=O)CCCCCCCCCCC/C=C\C/C=C\CCCCCCC. The van der Waals surface area contributed by atoms with E-state index in [9.17, 15) is 19.5 Å². The van der Waals surface area contributed by atoms with Crippen molar-refractivity contribution in [2.24, 2.45) is 0 Å². The van der Waals surface area contributed by atoms with Crippen LogP contribution in [0.4, 0.5) is 0 Å². The predicted octanol–water partition coefficient (Wildman–Crippen LogP) is 13.4. The van der Waals surface area contributed by atoms with Crippen molar-refractivity contribution in [2.75, 3.05) is 41.0 Å². The molecular weight excluding hydrogens is 727 g/mol. The van der Waals surface area contributed by atoms with Crippen molar-refractivity contribution < 1.29 is 38.2 Å². The Morgan fingerprint density at radius 1 is 0.517 bits per heavy atom. The van der Waals surface area contributed by atoms with Crippen molar-refractivity contribution in [2.45, 2.75) is 225 Å². The third-order valence-electron chi connectivity index (χ3n) is 10.8. The number of rotatable bonds is 43. The van der Waals surface area contributed by atoms with E-state index in [0.29, 0.717) is 19.3 Å². The van der Waals surface area contributed by atoms with Crippen molar-refractivity contribution in [1.82, 2.24) is 0 Å². The van der Waals surface area contributed by atoms with Gasteiger partial charge in [-0.15, -0.1) is 0 Å². The van der Waals surface area contributed by atoms with E-state index < -0.39 is 18.1 Å². The van der Waals surface area contributed by atoms with Crippen LogP contribution < -0.4 is 0 Å². The minimum atomic E-state index is -0.876. The highest BCUT2D eigenvalue weighted by atomic mass is 16.6. The van der Waals surface area contributed by atoms with Crippen molar-refractivity contribution in [3.63, 3.8) is 0 Å². The number of carbonyl (C=O) groups is 3. The van der Waals surface area contributed by atoms with E-state index in [1.807, 2.05) is 21.1 Å². The van der Waals surface area contributed by atoms with Gasteiger partial charge in [-0.05, 0) is 70.6 Å². The zero-order chi connectivity index (χ0) is 42.8. The van der Waals surface area contributed by atoms with Gasteiger partial charge in [0, 0.05) is 19.3 Å². The molecule has 0 rings (SSSR count). The summed E-state index contributed by atoms with van der Waals surface area (Å²) in [6, 6.07) is -0.616. The van der Waals surface area contributed by atoms with Crippen LogP contribution in [0, 0.1) is 0 Å². The summed E-state index contributed by atoms with van der Waals surface area (Å²) < 4.78 is 17.3. The number of quaternary nitrogens is 1. The van der Waals surface area contributed by atoms with E-state index >= 15 is 0 Å². The maximum absolute atomic E-state index is 12.8. The molecule has 0 bridgehead atoms. The van der Waals surface area contributed by atoms with Crippen LogP contribution in [0.2, 0.25) is 0 Å². The monoisotopic (exact) mass is 819 g/mol. The lowest BCUT2D eigenvalue weighted by atomic mass is 10.1. The lowest BCUT2D eigenvalue weighted by Crippen LogP contribution is -2.50. The summed E-state index contributed by atoms with van der Waals surface area (Å²) in [7, 11) is 5.53. The van der Waals surface area contributed by atoms with E-state index in [1.54, 1.807) is 0 Å². The quantitative estimate of drug-likeness (QED) is 0.0283. The first kappa shape index (κ1) is 55.5. The molecule has 0 aromatic heterocycles. The van der Waals surface area contributed by atoms with Gasteiger partial charge in [0.25, 0.3) is 0 Å². The summed E-state index contributed by atoms with van der Waals surface area (Å²) in [5.74, 6) is -1.48. The first-order chi connectivity index (χ1) is 28.1. The van der Waals surface area contributed by atoms with Crippen LogP contribution in [0.15, 0.2) is 36.5 Å². The first-order valence-corrected chi connectivity index (χ1v) is 24.0. The van der Waals surface area contributed by atoms with Crippen LogP contribution in [-0.2, 0) is 28.6 Å². The number of hydrogen-bond acceptors (Lipinski definition) is 6.